The Hall–Kier alpha value is -1.31. The van der Waals surface area contributed by atoms with E-state index < -0.39 is 0 Å². The molecule has 2 heteroatoms. The van der Waals surface area contributed by atoms with Crippen molar-refractivity contribution in [3.63, 3.8) is 0 Å². The number of carbonyl (C=O) groups excluding carboxylic acids is 1. The maximum Gasteiger partial charge on any atom is 0.140 e. The second-order valence-corrected chi connectivity index (χ2v) is 5.80. The average molecular weight is 259 g/mol. The number of carbonyl (C=O) groups is 1. The monoisotopic (exact) mass is 259 g/mol. The summed E-state index contributed by atoms with van der Waals surface area (Å²) in [7, 11) is 0. The van der Waals surface area contributed by atoms with Crippen LogP contribution in [0.1, 0.15) is 63.4 Å². The Kier molecular flexibility index (Phi) is 5.00. The third-order valence-electron chi connectivity index (χ3n) is 4.35. The van der Waals surface area contributed by atoms with Gasteiger partial charge in [0.15, 0.2) is 0 Å². The quantitative estimate of drug-likeness (QED) is 0.801. The highest BCUT2D eigenvalue weighted by Crippen LogP contribution is 2.30. The van der Waals surface area contributed by atoms with Gasteiger partial charge in [0.1, 0.15) is 5.78 Å². The molecule has 2 N–H and O–H groups in total. The lowest BCUT2D eigenvalue weighted by Gasteiger charge is -2.23. The molecule has 2 nitrogen and oxygen atoms in total. The number of Topliss-reactive ketones (excluding diaryl/α,β-unsaturated/α-hetero) is 1. The van der Waals surface area contributed by atoms with Crippen LogP contribution in [0.15, 0.2) is 24.3 Å². The molecule has 1 unspecified atom stereocenters. The van der Waals surface area contributed by atoms with Gasteiger partial charge in [-0.3, -0.25) is 4.79 Å². The van der Waals surface area contributed by atoms with Gasteiger partial charge in [-0.15, -0.1) is 0 Å². The van der Waals surface area contributed by atoms with E-state index in [1.807, 2.05) is 24.3 Å². The standard InChI is InChI=1S/C17H25NO/c1-2-16(14-8-10-15(18)11-9-14)17(19)12-13-6-4-3-5-7-13/h8-11,13,16H,2-7,12,18H2,1H3. The van der Waals surface area contributed by atoms with E-state index in [9.17, 15) is 4.79 Å². The lowest BCUT2D eigenvalue weighted by molar-refractivity contribution is -0.121. The number of nitrogen functional groups attached to an aromatic ring is 1. The lowest BCUT2D eigenvalue weighted by Crippen LogP contribution is -2.18. The minimum Gasteiger partial charge on any atom is -0.399 e. The molecule has 0 heterocycles. The van der Waals surface area contributed by atoms with Crippen molar-refractivity contribution < 1.29 is 4.79 Å². The zero-order valence-corrected chi connectivity index (χ0v) is 11.9. The molecule has 1 fully saturated rings. The van der Waals surface area contributed by atoms with E-state index in [4.69, 9.17) is 5.73 Å². The van der Waals surface area contributed by atoms with E-state index >= 15 is 0 Å². The van der Waals surface area contributed by atoms with Crippen molar-refractivity contribution >= 4 is 11.5 Å². The summed E-state index contributed by atoms with van der Waals surface area (Å²) in [6.07, 6.45) is 8.08. The highest BCUT2D eigenvalue weighted by molar-refractivity contribution is 5.86. The highest BCUT2D eigenvalue weighted by Gasteiger charge is 2.23. The Morgan fingerprint density at radius 3 is 2.42 bits per heavy atom. The number of hydrogen-bond acceptors (Lipinski definition) is 2. The van der Waals surface area contributed by atoms with E-state index in [-0.39, 0.29) is 5.92 Å². The van der Waals surface area contributed by atoms with Gasteiger partial charge in [-0.05, 0) is 30.0 Å². The fourth-order valence-electron chi connectivity index (χ4n) is 3.20. The van der Waals surface area contributed by atoms with Gasteiger partial charge in [0.25, 0.3) is 0 Å². The van der Waals surface area contributed by atoms with Crippen molar-refractivity contribution in [1.82, 2.24) is 0 Å². The molecular formula is C17H25NO. The Bertz CT molecular complexity index is 404. The summed E-state index contributed by atoms with van der Waals surface area (Å²) < 4.78 is 0. The predicted octanol–water partition coefficient (Wildman–Crippen LogP) is 4.30. The molecule has 1 atom stereocenters. The summed E-state index contributed by atoms with van der Waals surface area (Å²) >= 11 is 0. The topological polar surface area (TPSA) is 43.1 Å². The molecule has 104 valence electrons. The van der Waals surface area contributed by atoms with E-state index in [1.54, 1.807) is 0 Å². The van der Waals surface area contributed by atoms with Crippen LogP contribution in [-0.4, -0.2) is 5.78 Å². The lowest BCUT2D eigenvalue weighted by atomic mass is 9.81. The number of hydrogen-bond donors (Lipinski definition) is 1. The first-order chi connectivity index (χ1) is 9.20. The molecule has 0 bridgehead atoms. The molecule has 1 aromatic carbocycles. The van der Waals surface area contributed by atoms with Gasteiger partial charge in [-0.1, -0.05) is 51.2 Å². The number of ketones is 1. The minimum absolute atomic E-state index is 0.0579. The number of benzene rings is 1. The van der Waals surface area contributed by atoms with Crippen molar-refractivity contribution in [2.24, 2.45) is 5.92 Å². The van der Waals surface area contributed by atoms with Gasteiger partial charge in [0, 0.05) is 18.0 Å². The molecule has 1 aromatic rings. The Labute approximate surface area is 116 Å². The van der Waals surface area contributed by atoms with Gasteiger partial charge >= 0.3 is 0 Å². The third-order valence-corrected chi connectivity index (χ3v) is 4.35. The van der Waals surface area contributed by atoms with Crippen LogP contribution >= 0.6 is 0 Å². The summed E-state index contributed by atoms with van der Waals surface area (Å²) in [4.78, 5) is 12.5. The van der Waals surface area contributed by atoms with Gasteiger partial charge < -0.3 is 5.73 Å². The van der Waals surface area contributed by atoms with Crippen LogP contribution in [0.2, 0.25) is 0 Å². The highest BCUT2D eigenvalue weighted by atomic mass is 16.1. The van der Waals surface area contributed by atoms with Crippen molar-refractivity contribution in [3.05, 3.63) is 29.8 Å². The Morgan fingerprint density at radius 2 is 1.84 bits per heavy atom. The average Bonchev–Trinajstić information content (AvgIpc) is 2.43. The minimum atomic E-state index is 0.0579. The van der Waals surface area contributed by atoms with Crippen molar-refractivity contribution in [2.45, 2.75) is 57.8 Å². The zero-order valence-electron chi connectivity index (χ0n) is 11.9. The smallest absolute Gasteiger partial charge is 0.140 e. The normalized spacial score (nSPS) is 18.2. The molecule has 0 aromatic heterocycles. The maximum absolute atomic E-state index is 12.5. The molecule has 0 spiro atoms. The summed E-state index contributed by atoms with van der Waals surface area (Å²) in [5.41, 5.74) is 7.59. The van der Waals surface area contributed by atoms with Crippen LogP contribution in [0, 0.1) is 5.92 Å². The summed E-state index contributed by atoms with van der Waals surface area (Å²) in [5.74, 6) is 1.10. The second kappa shape index (κ2) is 6.74. The van der Waals surface area contributed by atoms with Crippen LogP contribution in [0.5, 0.6) is 0 Å². The van der Waals surface area contributed by atoms with Gasteiger partial charge in [0.05, 0.1) is 0 Å². The predicted molar refractivity (Wildman–Crippen MR) is 80.1 cm³/mol. The van der Waals surface area contributed by atoms with Crippen molar-refractivity contribution in [3.8, 4) is 0 Å². The molecule has 0 radical (unpaired) electrons. The van der Waals surface area contributed by atoms with Crippen LogP contribution in [-0.2, 0) is 4.79 Å². The Balaban J connectivity index is 2.00. The molecule has 1 saturated carbocycles. The summed E-state index contributed by atoms with van der Waals surface area (Å²) in [5, 5.41) is 0. The fraction of sp³-hybridized carbons (Fsp3) is 0.588. The first-order valence-electron chi connectivity index (χ1n) is 7.59. The van der Waals surface area contributed by atoms with E-state index in [0.29, 0.717) is 11.7 Å². The molecule has 0 amide bonds. The van der Waals surface area contributed by atoms with Gasteiger partial charge in [0.2, 0.25) is 0 Å². The largest absolute Gasteiger partial charge is 0.399 e. The van der Waals surface area contributed by atoms with Crippen molar-refractivity contribution in [2.75, 3.05) is 5.73 Å². The van der Waals surface area contributed by atoms with Crippen LogP contribution in [0.25, 0.3) is 0 Å². The Morgan fingerprint density at radius 1 is 1.21 bits per heavy atom. The molecule has 0 saturated heterocycles. The van der Waals surface area contributed by atoms with Crippen LogP contribution in [0.3, 0.4) is 0 Å². The fourth-order valence-corrected chi connectivity index (χ4v) is 3.20. The van der Waals surface area contributed by atoms with E-state index in [1.165, 1.54) is 32.1 Å². The van der Waals surface area contributed by atoms with Crippen molar-refractivity contribution in [1.29, 1.82) is 0 Å². The van der Waals surface area contributed by atoms with Gasteiger partial charge in [-0.2, -0.15) is 0 Å². The first-order valence-corrected chi connectivity index (χ1v) is 7.59. The molecule has 1 aliphatic carbocycles. The maximum atomic E-state index is 12.5. The SMILES string of the molecule is CCC(C(=O)CC1CCCCC1)c1ccc(N)cc1. The van der Waals surface area contributed by atoms with Gasteiger partial charge in [-0.25, -0.2) is 0 Å². The van der Waals surface area contributed by atoms with E-state index in [0.717, 1.165) is 24.1 Å². The number of rotatable bonds is 5. The molecular weight excluding hydrogens is 234 g/mol. The summed E-state index contributed by atoms with van der Waals surface area (Å²) in [6.45, 7) is 2.10. The first kappa shape index (κ1) is 14.1. The van der Waals surface area contributed by atoms with Crippen LogP contribution < -0.4 is 5.73 Å². The molecule has 1 aliphatic rings. The zero-order chi connectivity index (χ0) is 13.7. The number of anilines is 1. The summed E-state index contributed by atoms with van der Waals surface area (Å²) in [6, 6.07) is 7.79. The number of nitrogens with two attached hydrogens (primary N) is 1. The van der Waals surface area contributed by atoms with E-state index in [2.05, 4.69) is 6.92 Å². The molecule has 2 rings (SSSR count). The molecule has 19 heavy (non-hydrogen) atoms. The van der Waals surface area contributed by atoms with Crippen LogP contribution in [0.4, 0.5) is 5.69 Å². The third kappa shape index (κ3) is 3.82. The second-order valence-electron chi connectivity index (χ2n) is 5.80. The molecule has 0 aliphatic heterocycles.